The van der Waals surface area contributed by atoms with E-state index in [2.05, 4.69) is 11.9 Å². The highest BCUT2D eigenvalue weighted by Crippen LogP contribution is 2.35. The van der Waals surface area contributed by atoms with Gasteiger partial charge in [0.15, 0.2) is 0 Å². The Morgan fingerprint density at radius 1 is 1.43 bits per heavy atom. The Labute approximate surface area is 84.4 Å². The fourth-order valence-electron chi connectivity index (χ4n) is 2.80. The topological polar surface area (TPSA) is 55.6 Å². The van der Waals surface area contributed by atoms with Gasteiger partial charge in [-0.05, 0) is 19.9 Å². The molecule has 2 bridgehead atoms. The molecule has 2 saturated heterocycles. The highest BCUT2D eigenvalue weighted by atomic mass is 16.5. The minimum absolute atomic E-state index is 0.0658. The molecule has 0 aliphatic carbocycles. The molecule has 4 heteroatoms. The molecular weight excluding hydrogens is 180 g/mol. The van der Waals surface area contributed by atoms with Crippen LogP contribution in [0.3, 0.4) is 0 Å². The summed E-state index contributed by atoms with van der Waals surface area (Å²) < 4.78 is 5.31. The first kappa shape index (κ1) is 9.93. The molecule has 2 aliphatic rings. The van der Waals surface area contributed by atoms with Crippen LogP contribution in [0.4, 0.5) is 0 Å². The molecule has 2 N–H and O–H groups in total. The van der Waals surface area contributed by atoms with Crippen LogP contribution in [0.15, 0.2) is 0 Å². The van der Waals surface area contributed by atoms with Gasteiger partial charge in [0.25, 0.3) is 0 Å². The van der Waals surface area contributed by atoms with E-state index < -0.39 is 0 Å². The van der Waals surface area contributed by atoms with E-state index in [1.165, 1.54) is 6.92 Å². The number of esters is 1. The van der Waals surface area contributed by atoms with Crippen LogP contribution in [0, 0.1) is 0 Å². The van der Waals surface area contributed by atoms with E-state index in [9.17, 15) is 4.79 Å². The highest BCUT2D eigenvalue weighted by Gasteiger charge is 2.45. The zero-order chi connectivity index (χ0) is 10.3. The molecule has 0 aromatic heterocycles. The van der Waals surface area contributed by atoms with Crippen molar-refractivity contribution < 1.29 is 9.53 Å². The van der Waals surface area contributed by atoms with E-state index in [-0.39, 0.29) is 18.1 Å². The summed E-state index contributed by atoms with van der Waals surface area (Å²) in [5.74, 6) is -0.176. The fourth-order valence-corrected chi connectivity index (χ4v) is 2.80. The lowest BCUT2D eigenvalue weighted by molar-refractivity contribution is -0.147. The van der Waals surface area contributed by atoms with Crippen molar-refractivity contribution in [2.45, 2.75) is 50.4 Å². The maximum atomic E-state index is 10.9. The molecule has 0 radical (unpaired) electrons. The number of nitrogens with two attached hydrogens (primary N) is 1. The Morgan fingerprint density at radius 3 is 2.79 bits per heavy atom. The van der Waals surface area contributed by atoms with E-state index in [0.29, 0.717) is 12.1 Å². The molecule has 2 heterocycles. The predicted molar refractivity (Wildman–Crippen MR) is 52.7 cm³/mol. The second kappa shape index (κ2) is 3.51. The normalized spacial score (nSPS) is 42.5. The SMILES string of the molecule is CC(=O)O[C@@H]1C[C@@H]2C[C@@H](N)C[C@H]1N2C. The molecule has 0 aromatic carbocycles. The molecule has 2 fully saturated rings. The fraction of sp³-hybridized carbons (Fsp3) is 0.900. The van der Waals surface area contributed by atoms with Gasteiger partial charge in [-0.3, -0.25) is 9.69 Å². The van der Waals surface area contributed by atoms with Gasteiger partial charge in [-0.1, -0.05) is 0 Å². The van der Waals surface area contributed by atoms with Crippen molar-refractivity contribution in [3.05, 3.63) is 0 Å². The lowest BCUT2D eigenvalue weighted by atomic mass is 9.99. The minimum atomic E-state index is -0.176. The van der Waals surface area contributed by atoms with Gasteiger partial charge in [-0.2, -0.15) is 0 Å². The number of ether oxygens (including phenoxy) is 1. The lowest BCUT2D eigenvalue weighted by Gasteiger charge is -2.35. The third kappa shape index (κ3) is 1.64. The molecule has 2 aliphatic heterocycles. The second-order valence-corrected chi connectivity index (χ2v) is 4.50. The zero-order valence-corrected chi connectivity index (χ0v) is 8.77. The van der Waals surface area contributed by atoms with Gasteiger partial charge >= 0.3 is 5.97 Å². The predicted octanol–water partition coefficient (Wildman–Crippen LogP) is 0.112. The monoisotopic (exact) mass is 198 g/mol. The van der Waals surface area contributed by atoms with Gasteiger partial charge in [-0.15, -0.1) is 0 Å². The number of carbonyl (C=O) groups is 1. The van der Waals surface area contributed by atoms with Crippen molar-refractivity contribution in [2.24, 2.45) is 5.73 Å². The Kier molecular flexibility index (Phi) is 2.49. The molecule has 14 heavy (non-hydrogen) atoms. The van der Waals surface area contributed by atoms with Crippen molar-refractivity contribution in [2.75, 3.05) is 7.05 Å². The van der Waals surface area contributed by atoms with Crippen LogP contribution in [-0.4, -0.2) is 42.1 Å². The van der Waals surface area contributed by atoms with Crippen molar-refractivity contribution >= 4 is 5.97 Å². The van der Waals surface area contributed by atoms with Crippen molar-refractivity contribution in [3.63, 3.8) is 0 Å². The van der Waals surface area contributed by atoms with Crippen LogP contribution in [0.5, 0.6) is 0 Å². The summed E-state index contributed by atoms with van der Waals surface area (Å²) in [6.07, 6.45) is 3.00. The molecular formula is C10H18N2O2. The average molecular weight is 198 g/mol. The van der Waals surface area contributed by atoms with Gasteiger partial charge in [-0.25, -0.2) is 0 Å². The zero-order valence-electron chi connectivity index (χ0n) is 8.77. The first-order valence-electron chi connectivity index (χ1n) is 5.22. The summed E-state index contributed by atoms with van der Waals surface area (Å²) in [6.45, 7) is 1.47. The number of fused-ring (bicyclic) bond motifs is 2. The van der Waals surface area contributed by atoms with E-state index in [1.54, 1.807) is 0 Å². The number of piperidine rings is 1. The average Bonchev–Trinajstić information content (AvgIpc) is 2.30. The van der Waals surface area contributed by atoms with Crippen LogP contribution >= 0.6 is 0 Å². The highest BCUT2D eigenvalue weighted by molar-refractivity contribution is 5.66. The van der Waals surface area contributed by atoms with Crippen LogP contribution in [0.25, 0.3) is 0 Å². The number of rotatable bonds is 1. The lowest BCUT2D eigenvalue weighted by Crippen LogP contribution is -2.47. The van der Waals surface area contributed by atoms with Crippen LogP contribution in [-0.2, 0) is 9.53 Å². The Hall–Kier alpha value is -0.610. The van der Waals surface area contributed by atoms with E-state index >= 15 is 0 Å². The number of hydrogen-bond acceptors (Lipinski definition) is 4. The number of nitrogens with zero attached hydrogens (tertiary/aromatic N) is 1. The van der Waals surface area contributed by atoms with Gasteiger partial charge < -0.3 is 10.5 Å². The third-order valence-electron chi connectivity index (χ3n) is 3.47. The molecule has 80 valence electrons. The second-order valence-electron chi connectivity index (χ2n) is 4.50. The van der Waals surface area contributed by atoms with Gasteiger partial charge in [0.2, 0.25) is 0 Å². The van der Waals surface area contributed by atoms with E-state index in [4.69, 9.17) is 10.5 Å². The van der Waals surface area contributed by atoms with Crippen molar-refractivity contribution in [1.29, 1.82) is 0 Å². The summed E-state index contributed by atoms with van der Waals surface area (Å²) in [5.41, 5.74) is 5.94. The van der Waals surface area contributed by atoms with Crippen LogP contribution in [0.1, 0.15) is 26.2 Å². The minimum Gasteiger partial charge on any atom is -0.461 e. The summed E-state index contributed by atoms with van der Waals surface area (Å²) in [4.78, 5) is 13.2. The summed E-state index contributed by atoms with van der Waals surface area (Å²) in [5, 5.41) is 0. The molecule has 0 spiro atoms. The summed E-state index contributed by atoms with van der Waals surface area (Å²) in [7, 11) is 2.10. The maximum Gasteiger partial charge on any atom is 0.302 e. The van der Waals surface area contributed by atoms with Gasteiger partial charge in [0.05, 0.1) is 0 Å². The van der Waals surface area contributed by atoms with Crippen molar-refractivity contribution in [3.8, 4) is 0 Å². The van der Waals surface area contributed by atoms with Crippen LogP contribution < -0.4 is 5.73 Å². The Bertz CT molecular complexity index is 244. The molecule has 0 amide bonds. The quantitative estimate of drug-likeness (QED) is 0.608. The molecule has 0 saturated carbocycles. The number of likely N-dealkylation sites (N-methyl/N-ethyl adjacent to an activating group) is 1. The Morgan fingerprint density at radius 2 is 2.14 bits per heavy atom. The van der Waals surface area contributed by atoms with E-state index in [1.807, 2.05) is 0 Å². The van der Waals surface area contributed by atoms with Gasteiger partial charge in [0.1, 0.15) is 6.10 Å². The Balaban J connectivity index is 2.05. The van der Waals surface area contributed by atoms with Gasteiger partial charge in [0, 0.05) is 31.5 Å². The standard InChI is InChI=1S/C10H18N2O2/c1-6(13)14-10-5-8-3-7(11)4-9(10)12(8)2/h7-10H,3-5,11H2,1-2H3/t7-,8+,9-,10-/m1/s1. The largest absolute Gasteiger partial charge is 0.461 e. The first-order valence-corrected chi connectivity index (χ1v) is 5.22. The summed E-state index contributed by atoms with van der Waals surface area (Å²) in [6, 6.07) is 1.13. The number of hydrogen-bond donors (Lipinski definition) is 1. The van der Waals surface area contributed by atoms with Crippen molar-refractivity contribution in [1.82, 2.24) is 4.90 Å². The summed E-state index contributed by atoms with van der Waals surface area (Å²) >= 11 is 0. The smallest absolute Gasteiger partial charge is 0.302 e. The molecule has 0 aromatic rings. The molecule has 4 nitrogen and oxygen atoms in total. The molecule has 4 atom stereocenters. The molecule has 0 unspecified atom stereocenters. The van der Waals surface area contributed by atoms with Crippen LogP contribution in [0.2, 0.25) is 0 Å². The van der Waals surface area contributed by atoms with E-state index in [0.717, 1.165) is 19.3 Å². The third-order valence-corrected chi connectivity index (χ3v) is 3.47. The first-order chi connectivity index (χ1) is 6.58. The number of carbonyl (C=O) groups excluding carboxylic acids is 1. The maximum absolute atomic E-state index is 10.9. The molecule has 2 rings (SSSR count).